The first-order valence-corrected chi connectivity index (χ1v) is 12.1. The molecular weight excluding hydrogens is 512 g/mol. The molecule has 32 heavy (non-hydrogen) atoms. The van der Waals surface area contributed by atoms with Crippen molar-refractivity contribution in [1.82, 2.24) is 4.90 Å². The van der Waals surface area contributed by atoms with Crippen LogP contribution in [0.2, 0.25) is 0 Å². The van der Waals surface area contributed by atoms with Gasteiger partial charge in [-0.15, -0.1) is 0 Å². The zero-order chi connectivity index (χ0) is 22.5. The number of nitrogens with one attached hydrogen (secondary N) is 1. The highest BCUT2D eigenvalue weighted by Crippen LogP contribution is 2.33. The van der Waals surface area contributed by atoms with E-state index in [9.17, 15) is 9.59 Å². The standard InChI is InChI=1S/C23H21BrN2O4S2/c24-16-5-7-17(8-6-16)25-21(27)14-30-18-9-3-15(4-10-18)12-20-22(28)26(23(31)32-20)13-19-2-1-11-29-19/h3-10,12,19H,1-2,11,13-14H2,(H,25,27)/b20-12-/t19-/m1/s1. The molecule has 0 spiro atoms. The van der Waals surface area contributed by atoms with Crippen molar-refractivity contribution in [1.29, 1.82) is 0 Å². The van der Waals surface area contributed by atoms with Crippen molar-refractivity contribution in [2.45, 2.75) is 18.9 Å². The summed E-state index contributed by atoms with van der Waals surface area (Å²) < 4.78 is 12.7. The molecule has 2 aliphatic rings. The third kappa shape index (κ3) is 5.98. The lowest BCUT2D eigenvalue weighted by Crippen LogP contribution is -2.35. The predicted molar refractivity (Wildman–Crippen MR) is 134 cm³/mol. The summed E-state index contributed by atoms with van der Waals surface area (Å²) in [5, 5.41) is 2.78. The van der Waals surface area contributed by atoms with E-state index in [-0.39, 0.29) is 24.5 Å². The van der Waals surface area contributed by atoms with Gasteiger partial charge in [0.05, 0.1) is 17.6 Å². The van der Waals surface area contributed by atoms with Crippen LogP contribution in [0.1, 0.15) is 18.4 Å². The Hall–Kier alpha value is -2.20. The minimum atomic E-state index is -0.244. The first-order valence-electron chi connectivity index (χ1n) is 10.1. The Kier molecular flexibility index (Phi) is 7.62. The number of amides is 2. The molecule has 2 aliphatic heterocycles. The van der Waals surface area contributed by atoms with Gasteiger partial charge >= 0.3 is 0 Å². The molecule has 0 radical (unpaired) electrons. The molecule has 0 unspecified atom stereocenters. The molecule has 1 N–H and O–H groups in total. The van der Waals surface area contributed by atoms with Gasteiger partial charge in [0, 0.05) is 16.8 Å². The molecule has 0 aliphatic carbocycles. The summed E-state index contributed by atoms with van der Waals surface area (Å²) in [4.78, 5) is 27.0. The Labute approximate surface area is 204 Å². The summed E-state index contributed by atoms with van der Waals surface area (Å²) in [5.74, 6) is 0.241. The van der Waals surface area contributed by atoms with Crippen molar-refractivity contribution >= 4 is 67.8 Å². The molecule has 2 saturated heterocycles. The second kappa shape index (κ2) is 10.6. The number of nitrogens with zero attached hydrogens (tertiary/aromatic N) is 1. The molecule has 2 aromatic carbocycles. The summed E-state index contributed by atoms with van der Waals surface area (Å²) in [7, 11) is 0. The number of carbonyl (C=O) groups excluding carboxylic acids is 2. The number of thioether (sulfide) groups is 1. The summed E-state index contributed by atoms with van der Waals surface area (Å²) in [6.07, 6.45) is 3.86. The largest absolute Gasteiger partial charge is 0.484 e. The first kappa shape index (κ1) is 23.0. The lowest BCUT2D eigenvalue weighted by atomic mass is 10.2. The normalized spacial score (nSPS) is 19.6. The molecule has 2 fully saturated rings. The predicted octanol–water partition coefficient (Wildman–Crippen LogP) is 4.85. The van der Waals surface area contributed by atoms with Crippen LogP contribution in [-0.2, 0) is 14.3 Å². The second-order valence-electron chi connectivity index (χ2n) is 7.34. The monoisotopic (exact) mass is 532 g/mol. The van der Waals surface area contributed by atoms with Gasteiger partial charge in [0.25, 0.3) is 11.8 Å². The molecule has 6 nitrogen and oxygen atoms in total. The Morgan fingerprint density at radius 3 is 2.69 bits per heavy atom. The third-order valence-corrected chi connectivity index (χ3v) is 6.87. The van der Waals surface area contributed by atoms with Gasteiger partial charge in [-0.05, 0) is 60.9 Å². The molecule has 1 atom stereocenters. The maximum Gasteiger partial charge on any atom is 0.266 e. The molecule has 0 bridgehead atoms. The number of anilines is 1. The average molecular weight is 533 g/mol. The lowest BCUT2D eigenvalue weighted by Gasteiger charge is -2.18. The number of hydrogen-bond donors (Lipinski definition) is 1. The van der Waals surface area contributed by atoms with Crippen LogP contribution in [0.5, 0.6) is 5.75 Å². The van der Waals surface area contributed by atoms with E-state index in [4.69, 9.17) is 21.7 Å². The molecule has 9 heteroatoms. The lowest BCUT2D eigenvalue weighted by molar-refractivity contribution is -0.123. The van der Waals surface area contributed by atoms with Crippen LogP contribution >= 0.6 is 39.9 Å². The fraction of sp³-hybridized carbons (Fsp3) is 0.261. The number of carbonyl (C=O) groups is 2. The smallest absolute Gasteiger partial charge is 0.266 e. The average Bonchev–Trinajstić information content (AvgIpc) is 3.39. The highest BCUT2D eigenvalue weighted by molar-refractivity contribution is 9.10. The molecule has 2 aromatic rings. The van der Waals surface area contributed by atoms with Crippen LogP contribution < -0.4 is 10.1 Å². The van der Waals surface area contributed by atoms with E-state index in [1.165, 1.54) is 11.8 Å². The summed E-state index contributed by atoms with van der Waals surface area (Å²) >= 11 is 10.1. The van der Waals surface area contributed by atoms with Gasteiger partial charge in [0.2, 0.25) is 0 Å². The maximum absolute atomic E-state index is 12.7. The summed E-state index contributed by atoms with van der Waals surface area (Å²) in [6.45, 7) is 1.16. The maximum atomic E-state index is 12.7. The van der Waals surface area contributed by atoms with Crippen molar-refractivity contribution in [2.75, 3.05) is 25.1 Å². The number of ether oxygens (including phenoxy) is 2. The molecule has 4 rings (SSSR count). The number of thiocarbonyl (C=S) groups is 1. The minimum Gasteiger partial charge on any atom is -0.484 e. The van der Waals surface area contributed by atoms with Crippen LogP contribution in [0.3, 0.4) is 0 Å². The highest BCUT2D eigenvalue weighted by atomic mass is 79.9. The molecule has 166 valence electrons. The van der Waals surface area contributed by atoms with Crippen molar-refractivity contribution in [3.05, 3.63) is 63.5 Å². The van der Waals surface area contributed by atoms with Crippen LogP contribution in [-0.4, -0.2) is 46.9 Å². The van der Waals surface area contributed by atoms with Gasteiger partial charge in [0.15, 0.2) is 6.61 Å². The molecule has 2 amide bonds. The number of rotatable bonds is 7. The van der Waals surface area contributed by atoms with Gasteiger partial charge in [-0.3, -0.25) is 14.5 Å². The Balaban J connectivity index is 1.30. The van der Waals surface area contributed by atoms with E-state index < -0.39 is 0 Å². The van der Waals surface area contributed by atoms with Crippen molar-refractivity contribution in [3.63, 3.8) is 0 Å². The second-order valence-corrected chi connectivity index (χ2v) is 9.93. The quantitative estimate of drug-likeness (QED) is 0.406. The minimum absolute atomic E-state index is 0.0641. The number of halogens is 1. The van der Waals surface area contributed by atoms with Crippen molar-refractivity contribution < 1.29 is 19.1 Å². The van der Waals surface area contributed by atoms with E-state index in [1.807, 2.05) is 30.3 Å². The fourth-order valence-electron chi connectivity index (χ4n) is 3.34. The number of hydrogen-bond acceptors (Lipinski definition) is 6. The molecule has 2 heterocycles. The number of benzene rings is 2. The van der Waals surface area contributed by atoms with Crippen molar-refractivity contribution in [2.24, 2.45) is 0 Å². The van der Waals surface area contributed by atoms with E-state index in [0.29, 0.717) is 27.2 Å². The van der Waals surface area contributed by atoms with Crippen LogP contribution in [0, 0.1) is 0 Å². The van der Waals surface area contributed by atoms with Gasteiger partial charge in [-0.1, -0.05) is 52.0 Å². The van der Waals surface area contributed by atoms with Crippen molar-refractivity contribution in [3.8, 4) is 5.75 Å². The van der Waals surface area contributed by atoms with E-state index in [0.717, 1.165) is 29.5 Å². The molecular formula is C23H21BrN2O4S2. The van der Waals surface area contributed by atoms with Crippen LogP contribution in [0.4, 0.5) is 5.69 Å². The van der Waals surface area contributed by atoms with Gasteiger partial charge in [-0.25, -0.2) is 0 Å². The van der Waals surface area contributed by atoms with Crippen LogP contribution in [0.25, 0.3) is 6.08 Å². The van der Waals surface area contributed by atoms with Gasteiger partial charge < -0.3 is 14.8 Å². The SMILES string of the molecule is O=C(COc1ccc(/C=C2\SC(=S)N(C[C@H]3CCCO3)C2=O)cc1)Nc1ccc(Br)cc1. The topological polar surface area (TPSA) is 67.9 Å². The van der Waals surface area contributed by atoms with Gasteiger partial charge in [-0.2, -0.15) is 0 Å². The molecule has 0 saturated carbocycles. The fourth-order valence-corrected chi connectivity index (χ4v) is 4.88. The van der Waals surface area contributed by atoms with Gasteiger partial charge in [0.1, 0.15) is 10.1 Å². The van der Waals surface area contributed by atoms with Crippen LogP contribution in [0.15, 0.2) is 57.9 Å². The molecule has 0 aromatic heterocycles. The summed E-state index contributed by atoms with van der Waals surface area (Å²) in [5.41, 5.74) is 1.56. The Bertz CT molecular complexity index is 1030. The van der Waals surface area contributed by atoms with E-state index in [2.05, 4.69) is 21.2 Å². The van der Waals surface area contributed by atoms with E-state index in [1.54, 1.807) is 29.2 Å². The third-order valence-electron chi connectivity index (χ3n) is 4.96. The first-order chi connectivity index (χ1) is 15.5. The highest BCUT2D eigenvalue weighted by Gasteiger charge is 2.34. The Morgan fingerprint density at radius 2 is 2.00 bits per heavy atom. The zero-order valence-corrected chi connectivity index (χ0v) is 20.3. The Morgan fingerprint density at radius 1 is 1.25 bits per heavy atom. The van der Waals surface area contributed by atoms with E-state index >= 15 is 0 Å². The summed E-state index contributed by atoms with van der Waals surface area (Å²) in [6, 6.07) is 14.5. The zero-order valence-electron chi connectivity index (χ0n) is 17.1.